The van der Waals surface area contributed by atoms with Gasteiger partial charge in [0.25, 0.3) is 0 Å². The number of alkyl halides is 1. The van der Waals surface area contributed by atoms with Crippen molar-refractivity contribution in [1.82, 2.24) is 4.90 Å². The maximum absolute atomic E-state index is 2.58. The molecule has 0 aliphatic carbocycles. The minimum absolute atomic E-state index is 0.353. The molecule has 1 rings (SSSR count). The van der Waals surface area contributed by atoms with Gasteiger partial charge in [-0.2, -0.15) is 0 Å². The van der Waals surface area contributed by atoms with Crippen molar-refractivity contribution in [1.29, 1.82) is 0 Å². The van der Waals surface area contributed by atoms with Gasteiger partial charge in [-0.05, 0) is 53.5 Å². The lowest BCUT2D eigenvalue weighted by Gasteiger charge is -2.54. The van der Waals surface area contributed by atoms with E-state index in [9.17, 15) is 0 Å². The molecule has 0 aromatic rings. The molecule has 0 aromatic carbocycles. The van der Waals surface area contributed by atoms with E-state index < -0.39 is 0 Å². The highest BCUT2D eigenvalue weighted by atomic mass is 127. The first kappa shape index (κ1) is 12.8. The minimum Gasteiger partial charge on any atom is -0.296 e. The molecule has 1 aliphatic rings. The number of hydrogen-bond acceptors (Lipinski definition) is 1. The molecule has 1 aliphatic heterocycles. The highest BCUT2D eigenvalue weighted by Gasteiger charge is 2.43. The molecule has 1 unspecified atom stereocenters. The lowest BCUT2D eigenvalue weighted by atomic mass is 9.73. The highest BCUT2D eigenvalue weighted by molar-refractivity contribution is 14.1. The van der Waals surface area contributed by atoms with E-state index in [4.69, 9.17) is 0 Å². The molecule has 14 heavy (non-hydrogen) atoms. The van der Waals surface area contributed by atoms with Crippen molar-refractivity contribution >= 4 is 22.6 Å². The van der Waals surface area contributed by atoms with E-state index in [1.54, 1.807) is 0 Å². The van der Waals surface area contributed by atoms with Gasteiger partial charge in [0.1, 0.15) is 0 Å². The van der Waals surface area contributed by atoms with E-state index in [1.165, 1.54) is 12.8 Å². The summed E-state index contributed by atoms with van der Waals surface area (Å²) in [7, 11) is 2.27. The average molecular weight is 309 g/mol. The number of nitrogens with zero attached hydrogens (tertiary/aromatic N) is 1. The van der Waals surface area contributed by atoms with Crippen molar-refractivity contribution in [2.75, 3.05) is 7.05 Å². The molecular weight excluding hydrogens is 285 g/mol. The van der Waals surface area contributed by atoms with Crippen LogP contribution in [0.2, 0.25) is 0 Å². The van der Waals surface area contributed by atoms with Crippen molar-refractivity contribution < 1.29 is 0 Å². The number of halogens is 1. The Hall–Kier alpha value is 0.690. The van der Waals surface area contributed by atoms with Crippen molar-refractivity contribution in [2.24, 2.45) is 5.92 Å². The van der Waals surface area contributed by atoms with Gasteiger partial charge in [-0.15, -0.1) is 0 Å². The summed E-state index contributed by atoms with van der Waals surface area (Å²) < 4.78 is 0.792. The van der Waals surface area contributed by atoms with Crippen LogP contribution in [0.3, 0.4) is 0 Å². The Morgan fingerprint density at radius 1 is 1.14 bits per heavy atom. The zero-order valence-electron chi connectivity index (χ0n) is 10.4. The smallest absolute Gasteiger partial charge is 0.0158 e. The van der Waals surface area contributed by atoms with Crippen LogP contribution in [0.25, 0.3) is 0 Å². The van der Waals surface area contributed by atoms with Crippen LogP contribution in [0.5, 0.6) is 0 Å². The van der Waals surface area contributed by atoms with Gasteiger partial charge < -0.3 is 0 Å². The molecule has 1 nitrogen and oxygen atoms in total. The SMILES string of the molecule is CC(I)C1CC(C)(C)N(C)C(C)(C)C1. The average Bonchev–Trinajstić information content (AvgIpc) is 1.98. The van der Waals surface area contributed by atoms with Crippen LogP contribution in [0.1, 0.15) is 47.5 Å². The molecule has 1 fully saturated rings. The van der Waals surface area contributed by atoms with E-state index in [0.717, 1.165) is 9.84 Å². The molecule has 2 heteroatoms. The van der Waals surface area contributed by atoms with Gasteiger partial charge >= 0.3 is 0 Å². The highest BCUT2D eigenvalue weighted by Crippen LogP contribution is 2.42. The molecule has 0 N–H and O–H groups in total. The van der Waals surface area contributed by atoms with Crippen LogP contribution in [-0.4, -0.2) is 27.0 Å². The monoisotopic (exact) mass is 309 g/mol. The molecule has 0 bridgehead atoms. The molecular formula is C12H24IN. The third-order valence-corrected chi connectivity index (χ3v) is 5.01. The third kappa shape index (κ3) is 2.43. The van der Waals surface area contributed by atoms with Crippen LogP contribution < -0.4 is 0 Å². The Kier molecular flexibility index (Phi) is 3.58. The number of piperidine rings is 1. The van der Waals surface area contributed by atoms with Gasteiger partial charge in [0, 0.05) is 15.0 Å². The second-order valence-corrected chi connectivity index (χ2v) is 7.99. The van der Waals surface area contributed by atoms with E-state index >= 15 is 0 Å². The minimum atomic E-state index is 0.353. The molecule has 84 valence electrons. The Morgan fingerprint density at radius 2 is 1.50 bits per heavy atom. The topological polar surface area (TPSA) is 3.24 Å². The fourth-order valence-electron chi connectivity index (χ4n) is 2.77. The zero-order valence-corrected chi connectivity index (χ0v) is 12.6. The fourth-order valence-corrected chi connectivity index (χ4v) is 3.28. The van der Waals surface area contributed by atoms with Gasteiger partial charge in [0.2, 0.25) is 0 Å². The molecule has 0 spiro atoms. The molecule has 1 saturated heterocycles. The lowest BCUT2D eigenvalue weighted by Crippen LogP contribution is -2.59. The second-order valence-electron chi connectivity index (χ2n) is 6.03. The Bertz CT molecular complexity index is 190. The molecule has 0 radical (unpaired) electrons. The van der Waals surface area contributed by atoms with Crippen LogP contribution in [-0.2, 0) is 0 Å². The molecule has 1 heterocycles. The summed E-state index contributed by atoms with van der Waals surface area (Å²) in [4.78, 5) is 2.55. The first-order valence-corrected chi connectivity index (χ1v) is 6.79. The maximum Gasteiger partial charge on any atom is 0.0158 e. The zero-order chi connectivity index (χ0) is 11.1. The molecule has 1 atom stereocenters. The Balaban J connectivity index is 2.86. The van der Waals surface area contributed by atoms with Crippen LogP contribution >= 0.6 is 22.6 Å². The summed E-state index contributed by atoms with van der Waals surface area (Å²) in [6, 6.07) is 0. The summed E-state index contributed by atoms with van der Waals surface area (Å²) in [6.45, 7) is 11.8. The first-order valence-electron chi connectivity index (χ1n) is 5.55. The summed E-state index contributed by atoms with van der Waals surface area (Å²) in [5, 5.41) is 0. The van der Waals surface area contributed by atoms with Crippen molar-refractivity contribution in [3.05, 3.63) is 0 Å². The summed E-state index contributed by atoms with van der Waals surface area (Å²) >= 11 is 2.58. The van der Waals surface area contributed by atoms with Gasteiger partial charge in [0.15, 0.2) is 0 Å². The second kappa shape index (κ2) is 3.93. The number of likely N-dealkylation sites (tertiary alicyclic amines) is 1. The largest absolute Gasteiger partial charge is 0.296 e. The summed E-state index contributed by atoms with van der Waals surface area (Å²) in [5.74, 6) is 0.872. The lowest BCUT2D eigenvalue weighted by molar-refractivity contribution is -0.0283. The molecule has 0 aromatic heterocycles. The van der Waals surface area contributed by atoms with Gasteiger partial charge in [-0.1, -0.05) is 29.5 Å². The van der Waals surface area contributed by atoms with E-state index in [1.807, 2.05) is 0 Å². The summed E-state index contributed by atoms with van der Waals surface area (Å²) in [6.07, 6.45) is 2.66. The maximum atomic E-state index is 2.58. The predicted octanol–water partition coefficient (Wildman–Crippen LogP) is 3.71. The fraction of sp³-hybridized carbons (Fsp3) is 1.00. The molecule has 0 saturated carbocycles. The third-order valence-electron chi connectivity index (χ3n) is 3.99. The van der Waals surface area contributed by atoms with Crippen molar-refractivity contribution in [2.45, 2.75) is 62.5 Å². The van der Waals surface area contributed by atoms with Crippen molar-refractivity contribution in [3.8, 4) is 0 Å². The Morgan fingerprint density at radius 3 is 1.79 bits per heavy atom. The number of hydrogen-bond donors (Lipinski definition) is 0. The van der Waals surface area contributed by atoms with Crippen LogP contribution in [0.15, 0.2) is 0 Å². The van der Waals surface area contributed by atoms with E-state index in [2.05, 4.69) is 69.2 Å². The van der Waals surface area contributed by atoms with Gasteiger partial charge in [0.05, 0.1) is 0 Å². The van der Waals surface area contributed by atoms with Gasteiger partial charge in [-0.25, -0.2) is 0 Å². The standard InChI is InChI=1S/C12H24IN/c1-9(13)10-7-11(2,3)14(6)12(4,5)8-10/h9-10H,7-8H2,1-6H3. The normalized spacial score (nSPS) is 30.2. The summed E-state index contributed by atoms with van der Waals surface area (Å²) in [5.41, 5.74) is 0.706. The van der Waals surface area contributed by atoms with E-state index in [0.29, 0.717) is 11.1 Å². The van der Waals surface area contributed by atoms with Crippen LogP contribution in [0, 0.1) is 5.92 Å². The van der Waals surface area contributed by atoms with E-state index in [-0.39, 0.29) is 0 Å². The van der Waals surface area contributed by atoms with Crippen molar-refractivity contribution in [3.63, 3.8) is 0 Å². The predicted molar refractivity (Wildman–Crippen MR) is 72.1 cm³/mol. The first-order chi connectivity index (χ1) is 6.17. The van der Waals surface area contributed by atoms with Crippen LogP contribution in [0.4, 0.5) is 0 Å². The molecule has 0 amide bonds. The Labute approximate surface area is 103 Å². The quantitative estimate of drug-likeness (QED) is 0.527. The van der Waals surface area contributed by atoms with Gasteiger partial charge in [-0.3, -0.25) is 4.90 Å². The number of rotatable bonds is 1.